The number of carbonyl (C=O) groups excluding carboxylic acids is 1. The van der Waals surface area contributed by atoms with E-state index in [2.05, 4.69) is 0 Å². The Bertz CT molecular complexity index is 347. The molecule has 0 radical (unpaired) electrons. The number of carbonyl (C=O) groups is 1. The van der Waals surface area contributed by atoms with Crippen LogP contribution >= 0.6 is 0 Å². The topological polar surface area (TPSA) is 26.3 Å². The van der Waals surface area contributed by atoms with E-state index in [4.69, 9.17) is 4.74 Å². The first-order valence-corrected chi connectivity index (χ1v) is 4.25. The second-order valence-electron chi connectivity index (χ2n) is 3.08. The standard InChI is InChI=1S/C10H9FO2/c11-8-5-4-7-2-1-3-10(12)13-9(7)6-8/h4-6H,1-3H2. The van der Waals surface area contributed by atoms with Crippen LogP contribution in [-0.4, -0.2) is 5.97 Å². The Labute approximate surface area is 75.3 Å². The number of hydrogen-bond donors (Lipinski definition) is 0. The number of aryl methyl sites for hydroxylation is 1. The van der Waals surface area contributed by atoms with Gasteiger partial charge in [0, 0.05) is 12.5 Å². The predicted molar refractivity (Wildman–Crippen MR) is 45.0 cm³/mol. The number of fused-ring (bicyclic) bond motifs is 1. The van der Waals surface area contributed by atoms with Gasteiger partial charge in [-0.05, 0) is 24.5 Å². The number of esters is 1. The molecule has 2 rings (SSSR count). The number of rotatable bonds is 0. The molecule has 2 nitrogen and oxygen atoms in total. The van der Waals surface area contributed by atoms with Crippen molar-refractivity contribution < 1.29 is 13.9 Å². The highest BCUT2D eigenvalue weighted by molar-refractivity contribution is 5.73. The molecule has 1 aromatic carbocycles. The van der Waals surface area contributed by atoms with Gasteiger partial charge in [0.05, 0.1) is 0 Å². The first-order valence-electron chi connectivity index (χ1n) is 4.25. The van der Waals surface area contributed by atoms with E-state index >= 15 is 0 Å². The lowest BCUT2D eigenvalue weighted by atomic mass is 10.1. The van der Waals surface area contributed by atoms with Crippen molar-refractivity contribution in [2.24, 2.45) is 0 Å². The first-order chi connectivity index (χ1) is 6.25. The smallest absolute Gasteiger partial charge is 0.311 e. The molecule has 0 aromatic heterocycles. The average Bonchev–Trinajstić information content (AvgIpc) is 2.25. The summed E-state index contributed by atoms with van der Waals surface area (Å²) >= 11 is 0. The van der Waals surface area contributed by atoms with Gasteiger partial charge < -0.3 is 4.74 Å². The Morgan fingerprint density at radius 1 is 1.31 bits per heavy atom. The van der Waals surface area contributed by atoms with E-state index in [0.717, 1.165) is 18.4 Å². The van der Waals surface area contributed by atoms with E-state index in [0.29, 0.717) is 12.2 Å². The molecule has 1 aliphatic heterocycles. The molecule has 0 atom stereocenters. The lowest BCUT2D eigenvalue weighted by Crippen LogP contribution is -2.05. The van der Waals surface area contributed by atoms with Gasteiger partial charge in [-0.25, -0.2) is 4.39 Å². The fourth-order valence-electron chi connectivity index (χ4n) is 1.43. The number of benzene rings is 1. The summed E-state index contributed by atoms with van der Waals surface area (Å²) in [4.78, 5) is 11.0. The van der Waals surface area contributed by atoms with E-state index in [1.807, 2.05) is 0 Å². The van der Waals surface area contributed by atoms with E-state index in [1.165, 1.54) is 12.1 Å². The third kappa shape index (κ3) is 1.69. The summed E-state index contributed by atoms with van der Waals surface area (Å²) in [6, 6.07) is 4.32. The maximum Gasteiger partial charge on any atom is 0.311 e. The Morgan fingerprint density at radius 2 is 2.15 bits per heavy atom. The summed E-state index contributed by atoms with van der Waals surface area (Å²) in [5.74, 6) is -0.264. The van der Waals surface area contributed by atoms with Crippen LogP contribution in [0.1, 0.15) is 18.4 Å². The maximum atomic E-state index is 12.8. The number of hydrogen-bond acceptors (Lipinski definition) is 2. The van der Waals surface area contributed by atoms with Crippen molar-refractivity contribution in [2.45, 2.75) is 19.3 Å². The normalized spacial score (nSPS) is 15.9. The molecule has 3 heteroatoms. The van der Waals surface area contributed by atoms with Crippen LogP contribution in [0.2, 0.25) is 0 Å². The van der Waals surface area contributed by atoms with E-state index in [1.54, 1.807) is 6.07 Å². The Hall–Kier alpha value is -1.38. The number of halogens is 1. The average molecular weight is 180 g/mol. The van der Waals surface area contributed by atoms with Crippen LogP contribution in [-0.2, 0) is 11.2 Å². The molecule has 0 unspecified atom stereocenters. The Balaban J connectivity index is 2.40. The van der Waals surface area contributed by atoms with E-state index in [-0.39, 0.29) is 11.8 Å². The van der Waals surface area contributed by atoms with Gasteiger partial charge in [-0.1, -0.05) is 6.07 Å². The van der Waals surface area contributed by atoms with Crippen molar-refractivity contribution in [2.75, 3.05) is 0 Å². The first kappa shape index (κ1) is 8.23. The minimum absolute atomic E-state index is 0.274. The van der Waals surface area contributed by atoms with Crippen LogP contribution in [0.15, 0.2) is 18.2 Å². The van der Waals surface area contributed by atoms with Gasteiger partial charge in [-0.15, -0.1) is 0 Å². The third-order valence-corrected chi connectivity index (χ3v) is 2.08. The van der Waals surface area contributed by atoms with E-state index < -0.39 is 0 Å². The van der Waals surface area contributed by atoms with Crippen molar-refractivity contribution in [3.8, 4) is 5.75 Å². The minimum Gasteiger partial charge on any atom is -0.426 e. The molecule has 0 bridgehead atoms. The highest BCUT2D eigenvalue weighted by Gasteiger charge is 2.14. The molecule has 0 saturated heterocycles. The molecule has 0 spiro atoms. The molecule has 1 heterocycles. The highest BCUT2D eigenvalue weighted by atomic mass is 19.1. The maximum absolute atomic E-state index is 12.8. The zero-order valence-corrected chi connectivity index (χ0v) is 7.05. The summed E-state index contributed by atoms with van der Waals surface area (Å²) in [5.41, 5.74) is 0.909. The molecule has 0 fully saturated rings. The minimum atomic E-state index is -0.367. The van der Waals surface area contributed by atoms with Crippen LogP contribution < -0.4 is 4.74 Å². The van der Waals surface area contributed by atoms with Gasteiger partial charge in [-0.2, -0.15) is 0 Å². The quantitative estimate of drug-likeness (QED) is 0.451. The summed E-state index contributed by atoms with van der Waals surface area (Å²) in [6.45, 7) is 0. The monoisotopic (exact) mass is 180 g/mol. The molecular weight excluding hydrogens is 171 g/mol. The molecule has 1 aliphatic rings. The SMILES string of the molecule is O=C1CCCc2ccc(F)cc2O1. The lowest BCUT2D eigenvalue weighted by molar-refractivity contribution is -0.134. The fraction of sp³-hybridized carbons (Fsp3) is 0.300. The fourth-order valence-corrected chi connectivity index (χ4v) is 1.43. The van der Waals surface area contributed by atoms with Crippen LogP contribution in [0, 0.1) is 5.82 Å². The van der Waals surface area contributed by atoms with Crippen molar-refractivity contribution in [3.05, 3.63) is 29.6 Å². The van der Waals surface area contributed by atoms with Gasteiger partial charge in [-0.3, -0.25) is 4.79 Å². The van der Waals surface area contributed by atoms with Gasteiger partial charge in [0.2, 0.25) is 0 Å². The second-order valence-corrected chi connectivity index (χ2v) is 3.08. The molecule has 13 heavy (non-hydrogen) atoms. The summed E-state index contributed by atoms with van der Waals surface area (Å²) < 4.78 is 17.7. The third-order valence-electron chi connectivity index (χ3n) is 2.08. The Morgan fingerprint density at radius 3 is 3.00 bits per heavy atom. The molecule has 0 aliphatic carbocycles. The van der Waals surface area contributed by atoms with Crippen LogP contribution in [0.25, 0.3) is 0 Å². The Kier molecular flexibility index (Phi) is 2.00. The van der Waals surface area contributed by atoms with Crippen LogP contribution in [0.4, 0.5) is 4.39 Å². The molecule has 1 aromatic rings. The molecule has 0 saturated carbocycles. The van der Waals surface area contributed by atoms with E-state index in [9.17, 15) is 9.18 Å². The summed E-state index contributed by atoms with van der Waals surface area (Å²) in [7, 11) is 0. The molecule has 0 amide bonds. The van der Waals surface area contributed by atoms with Gasteiger partial charge in [0.1, 0.15) is 11.6 Å². The summed E-state index contributed by atoms with van der Waals surface area (Å²) in [6.07, 6.45) is 1.97. The van der Waals surface area contributed by atoms with Gasteiger partial charge in [0.15, 0.2) is 0 Å². The van der Waals surface area contributed by atoms with Crippen molar-refractivity contribution in [3.63, 3.8) is 0 Å². The highest BCUT2D eigenvalue weighted by Crippen LogP contribution is 2.25. The molecule has 0 N–H and O–H groups in total. The van der Waals surface area contributed by atoms with Crippen molar-refractivity contribution in [1.29, 1.82) is 0 Å². The van der Waals surface area contributed by atoms with Gasteiger partial charge in [0.25, 0.3) is 0 Å². The molecular formula is C10H9FO2. The van der Waals surface area contributed by atoms with Gasteiger partial charge >= 0.3 is 5.97 Å². The summed E-state index contributed by atoms with van der Waals surface area (Å²) in [5, 5.41) is 0. The number of ether oxygens (including phenoxy) is 1. The largest absolute Gasteiger partial charge is 0.426 e. The predicted octanol–water partition coefficient (Wildman–Crippen LogP) is 2.07. The zero-order chi connectivity index (χ0) is 9.26. The van der Waals surface area contributed by atoms with Crippen LogP contribution in [0.3, 0.4) is 0 Å². The van der Waals surface area contributed by atoms with Crippen molar-refractivity contribution >= 4 is 5.97 Å². The zero-order valence-electron chi connectivity index (χ0n) is 7.05. The van der Waals surface area contributed by atoms with Crippen molar-refractivity contribution in [1.82, 2.24) is 0 Å². The molecule has 68 valence electrons. The second kappa shape index (κ2) is 3.17. The lowest BCUT2D eigenvalue weighted by Gasteiger charge is -2.04. The van der Waals surface area contributed by atoms with Crippen LogP contribution in [0.5, 0.6) is 5.75 Å².